The Morgan fingerprint density at radius 3 is 1.47 bits per heavy atom. The van der Waals surface area contributed by atoms with Crippen LogP contribution in [0.5, 0.6) is 11.8 Å². The van der Waals surface area contributed by atoms with Crippen molar-refractivity contribution in [2.75, 3.05) is 14.2 Å². The monoisotopic (exact) mass is 987 g/mol. The fourth-order valence-corrected chi connectivity index (χ4v) is 10.4. The number of pyridine rings is 3. The normalized spacial score (nSPS) is 24.5. The number of hydrogen-bond donors (Lipinski definition) is 4. The van der Waals surface area contributed by atoms with Crippen LogP contribution in [-0.2, 0) is 59.5 Å². The summed E-state index contributed by atoms with van der Waals surface area (Å²) in [5.74, 6) is -0.492. The maximum absolute atomic E-state index is 12.8. The molecule has 2 amide bonds. The molecule has 6 atom stereocenters. The van der Waals surface area contributed by atoms with E-state index in [9.17, 15) is 34.0 Å². The molecule has 0 saturated heterocycles. The number of rotatable bonds is 5. The third-order valence-corrected chi connectivity index (χ3v) is 13.0. The Bertz CT molecular complexity index is 2780. The van der Waals surface area contributed by atoms with Gasteiger partial charge in [0.1, 0.15) is 21.9 Å². The van der Waals surface area contributed by atoms with Gasteiger partial charge in [-0.3, -0.25) is 28.8 Å². The van der Waals surface area contributed by atoms with Gasteiger partial charge in [0.05, 0.1) is 42.0 Å². The lowest BCUT2D eigenvalue weighted by molar-refractivity contribution is -0.139. The average Bonchev–Trinajstić information content (AvgIpc) is 3.28. The molecule has 0 aromatic carbocycles. The number of aromatic nitrogens is 3. The molecule has 3 aromatic rings. The fraction of sp³-hybridized carbons (Fsp3) is 0.392. The molecule has 0 radical (unpaired) electrons. The Balaban J connectivity index is 0.000000206. The molecule has 17 nitrogen and oxygen atoms in total. The number of ketones is 3. The van der Waals surface area contributed by atoms with Crippen LogP contribution in [0.1, 0.15) is 104 Å². The fourth-order valence-electron chi connectivity index (χ4n) is 10.1. The van der Waals surface area contributed by atoms with Gasteiger partial charge in [0.25, 0.3) is 0 Å². The Kier molecular flexibility index (Phi) is 18.0. The molecule has 6 unspecified atom stereocenters. The number of thiocarbonyl (C=S) groups is 2. The van der Waals surface area contributed by atoms with E-state index in [4.69, 9.17) is 44.2 Å². The van der Waals surface area contributed by atoms with E-state index in [-0.39, 0.29) is 52.4 Å². The number of primary amides is 2. The predicted octanol–water partition coefficient (Wildman–Crippen LogP) is 4.67. The zero-order valence-electron chi connectivity index (χ0n) is 39.9. The van der Waals surface area contributed by atoms with Crippen molar-refractivity contribution in [3.8, 4) is 23.9 Å². The van der Waals surface area contributed by atoms with Crippen molar-refractivity contribution in [2.24, 2.45) is 40.7 Å². The number of nitrogens with two attached hydrogens (primary N) is 4. The zero-order valence-corrected chi connectivity index (χ0v) is 41.5. The number of methoxy groups -OCH3 is 2. The van der Waals surface area contributed by atoms with Crippen LogP contribution in [-0.4, -0.2) is 74.6 Å². The highest BCUT2D eigenvalue weighted by Gasteiger charge is 2.57. The van der Waals surface area contributed by atoms with Gasteiger partial charge in [-0.1, -0.05) is 73.0 Å². The third-order valence-electron chi connectivity index (χ3n) is 12.7. The minimum absolute atomic E-state index is 0.0295. The van der Waals surface area contributed by atoms with E-state index in [0.717, 1.165) is 39.2 Å². The molecule has 70 heavy (non-hydrogen) atoms. The van der Waals surface area contributed by atoms with E-state index in [1.54, 1.807) is 51.5 Å². The summed E-state index contributed by atoms with van der Waals surface area (Å²) in [5, 5.41) is 16.9. The van der Waals surface area contributed by atoms with E-state index in [1.807, 2.05) is 6.07 Å². The second kappa shape index (κ2) is 22.8. The Labute approximate surface area is 417 Å². The van der Waals surface area contributed by atoms with E-state index in [2.05, 4.69) is 58.7 Å². The number of aldehydes is 1. The van der Waals surface area contributed by atoms with Crippen LogP contribution in [0.3, 0.4) is 0 Å². The Morgan fingerprint density at radius 1 is 0.671 bits per heavy atom. The van der Waals surface area contributed by atoms with Crippen molar-refractivity contribution >= 4 is 69.9 Å². The number of Topliss-reactive ketones (excluding diaryl/α,β-unsaturated/α-hetero) is 3. The standard InChI is InChI=1S/C15H14N2O3.C15H16N2O2S.C15H14N2O2.C2H5NO.C2H5NS.C2H3N/c1-8-4-9-5-12-11(3-2-10(7-18)17-12)15(6-8,13(9)19)14(16)20;1-8-5-9-6-11-10(3-4-12(17-11)19-2)15(7-8,13(9)18)14(16)20;1-9-5-10-6-12-11(3-4-13(17-12)19-2)15(7-9,8-16)14(10)18;2*1-2(3)4;1-2-3/h2-3,7,9H,1,4-6H2,(H2,16,20);3-4,9H,1,5-7H2,2H3,(H2,16,20);3-4,10H,1,5-7H2,2H3;2*1H3,(H2,3,4);1H3. The van der Waals surface area contributed by atoms with E-state index >= 15 is 0 Å². The SMILES string of the molecule is C=C1CC2Cc3nc(C=O)ccc3C(C(N)=O)(C1)C2=O.C=C1CC2Cc3nc(OC)ccc3C(C#N)(C1)C2=O.C=C1CC2Cc3nc(OC)ccc3C(C(N)=S)(C1)C2=O.CC#N.CC(N)=O.CC(N)=S. The molecular weight excluding hydrogens is 931 g/mol. The molecule has 0 spiro atoms. The van der Waals surface area contributed by atoms with E-state index < -0.39 is 22.2 Å². The smallest absolute Gasteiger partial charge is 0.236 e. The second-order valence-corrected chi connectivity index (χ2v) is 18.8. The van der Waals surface area contributed by atoms with Gasteiger partial charge in [0.2, 0.25) is 23.6 Å². The highest BCUT2D eigenvalue weighted by atomic mass is 32.1. The van der Waals surface area contributed by atoms with Crippen molar-refractivity contribution in [1.82, 2.24) is 15.0 Å². The number of hydrogen-bond acceptors (Lipinski definition) is 15. The third kappa shape index (κ3) is 11.1. The number of carbonyl (C=O) groups is 6. The number of ether oxygens (including phenoxy) is 2. The molecule has 3 aromatic heterocycles. The first-order valence-electron chi connectivity index (χ1n) is 22.0. The molecule has 6 aliphatic carbocycles. The molecule has 19 heteroatoms. The molecular formula is C51H57N9O8S2. The maximum Gasteiger partial charge on any atom is 0.236 e. The van der Waals surface area contributed by atoms with E-state index in [1.165, 1.54) is 19.9 Å². The zero-order chi connectivity index (χ0) is 52.5. The molecule has 8 N–H and O–H groups in total. The summed E-state index contributed by atoms with van der Waals surface area (Å²) < 4.78 is 10.3. The summed E-state index contributed by atoms with van der Waals surface area (Å²) in [4.78, 5) is 83.8. The highest BCUT2D eigenvalue weighted by molar-refractivity contribution is 7.80. The van der Waals surface area contributed by atoms with Crippen LogP contribution in [0.4, 0.5) is 0 Å². The molecule has 3 heterocycles. The minimum atomic E-state index is -1.35. The quantitative estimate of drug-likeness (QED) is 0.117. The first kappa shape index (κ1) is 55.2. The van der Waals surface area contributed by atoms with Gasteiger partial charge in [0, 0.05) is 79.9 Å². The van der Waals surface area contributed by atoms with Gasteiger partial charge in [-0.15, -0.1) is 0 Å². The molecule has 6 bridgehead atoms. The number of carbonyl (C=O) groups excluding carboxylic acids is 6. The number of nitrogens with zero attached hydrogens (tertiary/aromatic N) is 5. The number of amides is 2. The highest BCUT2D eigenvalue weighted by Crippen LogP contribution is 2.50. The Hall–Kier alpha value is -7.35. The van der Waals surface area contributed by atoms with Gasteiger partial charge in [0.15, 0.2) is 23.6 Å². The number of nitriles is 2. The summed E-state index contributed by atoms with van der Waals surface area (Å²) in [6.45, 7) is 16.4. The first-order valence-corrected chi connectivity index (χ1v) is 22.8. The van der Waals surface area contributed by atoms with Crippen LogP contribution >= 0.6 is 24.4 Å². The van der Waals surface area contributed by atoms with Gasteiger partial charge < -0.3 is 32.4 Å². The lowest BCUT2D eigenvalue weighted by Gasteiger charge is -2.44. The van der Waals surface area contributed by atoms with Crippen LogP contribution in [0, 0.1) is 40.4 Å². The van der Waals surface area contributed by atoms with Gasteiger partial charge >= 0.3 is 0 Å². The second-order valence-electron chi connectivity index (χ2n) is 17.7. The summed E-state index contributed by atoms with van der Waals surface area (Å²) >= 11 is 9.55. The molecule has 0 aliphatic heterocycles. The van der Waals surface area contributed by atoms with Crippen LogP contribution in [0.15, 0.2) is 72.9 Å². The van der Waals surface area contributed by atoms with Crippen LogP contribution < -0.4 is 32.4 Å². The predicted molar refractivity (Wildman–Crippen MR) is 268 cm³/mol. The largest absolute Gasteiger partial charge is 0.481 e. The van der Waals surface area contributed by atoms with Crippen molar-refractivity contribution in [1.29, 1.82) is 10.5 Å². The number of fused-ring (bicyclic) bond motifs is 12. The van der Waals surface area contributed by atoms with Crippen molar-refractivity contribution < 1.29 is 38.2 Å². The summed E-state index contributed by atoms with van der Waals surface area (Å²) in [7, 11) is 3.14. The molecule has 9 rings (SSSR count). The Morgan fingerprint density at radius 2 is 1.04 bits per heavy atom. The molecule has 3 fully saturated rings. The van der Waals surface area contributed by atoms with Crippen molar-refractivity contribution in [3.63, 3.8) is 0 Å². The van der Waals surface area contributed by atoms with Crippen LogP contribution in [0.25, 0.3) is 0 Å². The maximum atomic E-state index is 12.8. The lowest BCUT2D eigenvalue weighted by Crippen LogP contribution is -2.56. The summed E-state index contributed by atoms with van der Waals surface area (Å²) in [5.41, 5.74) is 25.1. The summed E-state index contributed by atoms with van der Waals surface area (Å²) in [6, 6.07) is 14.3. The van der Waals surface area contributed by atoms with Gasteiger partial charge in [-0.25, -0.2) is 15.0 Å². The van der Waals surface area contributed by atoms with Crippen molar-refractivity contribution in [2.45, 2.75) is 94.8 Å². The minimum Gasteiger partial charge on any atom is -0.481 e. The molecule has 6 aliphatic rings. The lowest BCUT2D eigenvalue weighted by atomic mass is 9.58. The summed E-state index contributed by atoms with van der Waals surface area (Å²) in [6.07, 6.45) is 5.35. The van der Waals surface area contributed by atoms with E-state index in [0.29, 0.717) is 91.4 Å². The topological polar surface area (TPSA) is 311 Å². The van der Waals surface area contributed by atoms with Crippen LogP contribution in [0.2, 0.25) is 0 Å². The first-order chi connectivity index (χ1) is 33.0. The van der Waals surface area contributed by atoms with Gasteiger partial charge in [-0.05, 0) is 68.7 Å². The molecule has 3 saturated carbocycles. The average molecular weight is 988 g/mol. The van der Waals surface area contributed by atoms with Gasteiger partial charge in [-0.2, -0.15) is 10.5 Å². The number of allylic oxidation sites excluding steroid dienone is 3. The molecule has 366 valence electrons. The van der Waals surface area contributed by atoms with Crippen molar-refractivity contribution in [3.05, 3.63) is 112 Å².